The smallest absolute Gasteiger partial charge is 0.340 e. The van der Waals surface area contributed by atoms with Gasteiger partial charge in [0.1, 0.15) is 12.1 Å². The molecule has 0 radical (unpaired) electrons. The van der Waals surface area contributed by atoms with Crippen molar-refractivity contribution < 1.29 is 33.1 Å². The fourth-order valence-electron chi connectivity index (χ4n) is 6.96. The van der Waals surface area contributed by atoms with Crippen molar-refractivity contribution in [3.63, 3.8) is 0 Å². The number of nitrogens with zero attached hydrogens (tertiary/aromatic N) is 3. The molecule has 6 rings (SSSR count). The first-order chi connectivity index (χ1) is 21.1. The maximum Gasteiger partial charge on any atom is 0.363 e. The molecule has 2 aromatic carbocycles. The number of carbonyl (C=O) groups excluding carboxylic acids is 3. The Labute approximate surface area is 254 Å². The van der Waals surface area contributed by atoms with Crippen molar-refractivity contribution in [3.05, 3.63) is 77.6 Å². The van der Waals surface area contributed by atoms with Crippen LogP contribution in [0.2, 0.25) is 0 Å². The van der Waals surface area contributed by atoms with Gasteiger partial charge in [-0.25, -0.2) is 4.39 Å². The summed E-state index contributed by atoms with van der Waals surface area (Å²) in [4.78, 5) is 67.5. The Morgan fingerprint density at radius 2 is 1.80 bits per heavy atom. The number of halogens is 1. The van der Waals surface area contributed by atoms with Crippen LogP contribution in [0.25, 0.3) is 10.8 Å². The Morgan fingerprint density at radius 1 is 1.00 bits per heavy atom. The number of benzene rings is 2. The predicted molar refractivity (Wildman–Crippen MR) is 161 cm³/mol. The number of likely N-dealkylation sites (tertiary alicyclic amines) is 1. The van der Waals surface area contributed by atoms with E-state index in [0.717, 1.165) is 37.7 Å². The van der Waals surface area contributed by atoms with Gasteiger partial charge < -0.3 is 24.9 Å². The number of nitrogens with one attached hydrogen (secondary N) is 1. The molecule has 3 saturated heterocycles. The summed E-state index contributed by atoms with van der Waals surface area (Å²) < 4.78 is 25.8. The molecule has 5 atom stereocenters. The normalized spacial score (nSPS) is 24.9. The third-order valence-corrected chi connectivity index (χ3v) is 10.2. The van der Waals surface area contributed by atoms with E-state index < -0.39 is 31.5 Å². The molecule has 3 aromatic rings. The number of rotatable bonds is 6. The van der Waals surface area contributed by atoms with Crippen LogP contribution < -0.4 is 5.32 Å². The first-order valence-corrected chi connectivity index (χ1v) is 16.8. The predicted octanol–water partition coefficient (Wildman–Crippen LogP) is 4.43. The van der Waals surface area contributed by atoms with Gasteiger partial charge in [-0.1, -0.05) is 37.1 Å². The highest BCUT2D eigenvalue weighted by atomic mass is 31.2. The van der Waals surface area contributed by atoms with Crippen molar-refractivity contribution in [2.24, 2.45) is 0 Å². The molecule has 3 N–H and O–H groups in total. The molecule has 10 nitrogen and oxygen atoms in total. The van der Waals surface area contributed by atoms with Gasteiger partial charge in [-0.05, 0) is 78.3 Å². The van der Waals surface area contributed by atoms with Crippen molar-refractivity contribution in [2.75, 3.05) is 13.1 Å². The Bertz CT molecular complexity index is 1620. The summed E-state index contributed by atoms with van der Waals surface area (Å²) in [7, 11) is -4.99. The van der Waals surface area contributed by atoms with Crippen LogP contribution in [0.4, 0.5) is 4.39 Å². The molecule has 1 aromatic heterocycles. The number of amides is 3. The molecule has 3 fully saturated rings. The van der Waals surface area contributed by atoms with Crippen LogP contribution in [0.15, 0.2) is 60.9 Å². The fraction of sp³-hybridized carbons (Fsp3) is 0.438. The molecule has 4 heterocycles. The zero-order valence-electron chi connectivity index (χ0n) is 24.2. The molecule has 2 unspecified atom stereocenters. The molecular formula is C32H36FN4O6P. The Morgan fingerprint density at radius 3 is 2.57 bits per heavy atom. The van der Waals surface area contributed by atoms with E-state index >= 15 is 0 Å². The van der Waals surface area contributed by atoms with E-state index in [9.17, 15) is 33.1 Å². The maximum absolute atomic E-state index is 14.3. The number of hydrogen-bond donors (Lipinski definition) is 3. The van der Waals surface area contributed by atoms with Crippen LogP contribution in [0.5, 0.6) is 0 Å². The van der Waals surface area contributed by atoms with Crippen molar-refractivity contribution in [3.8, 4) is 0 Å². The number of fused-ring (bicyclic) bond motifs is 2. The maximum atomic E-state index is 14.3. The molecule has 3 aliphatic heterocycles. The SMILES string of the molecule is O=C(N[C@H]1CCCC[C@H]2CC[C@@H](C(=O)N3CCC(c4cccnc4)C3)N2C1=O)c1ccc2ccc(C(F)P(=O)(O)O)cc2c1. The van der Waals surface area contributed by atoms with Crippen LogP contribution in [-0.2, 0) is 14.2 Å². The fourth-order valence-corrected chi connectivity index (χ4v) is 7.51. The molecule has 0 bridgehead atoms. The van der Waals surface area contributed by atoms with Gasteiger partial charge in [0.25, 0.3) is 5.91 Å². The molecule has 44 heavy (non-hydrogen) atoms. The van der Waals surface area contributed by atoms with E-state index in [0.29, 0.717) is 36.7 Å². The summed E-state index contributed by atoms with van der Waals surface area (Å²) in [6.45, 7) is 1.22. The molecule has 232 valence electrons. The molecular weight excluding hydrogens is 586 g/mol. The lowest BCUT2D eigenvalue weighted by Gasteiger charge is -2.36. The zero-order valence-corrected chi connectivity index (χ0v) is 25.1. The molecule has 3 aliphatic rings. The molecule has 3 amide bonds. The Balaban J connectivity index is 1.18. The van der Waals surface area contributed by atoms with Crippen molar-refractivity contribution in [1.29, 1.82) is 0 Å². The minimum absolute atomic E-state index is 0.0373. The standard InChI is InChI=1S/C32H36FN4O6P/c33-29(44(41,42)43)21-9-7-20-8-10-22(17-25(20)16-21)30(38)35-27-6-2-1-5-26-11-12-28(37(26)31(27)39)32(40)36-15-13-24(19-36)23-4-3-14-34-18-23/h3-4,7-10,14,16-18,24,26-29H,1-2,5-6,11-13,15,19H2,(H,35,38)(H2,41,42,43)/t24?,26-,27-,28-,29?/m0/s1. The van der Waals surface area contributed by atoms with E-state index in [1.165, 1.54) is 24.3 Å². The van der Waals surface area contributed by atoms with Gasteiger partial charge in [-0.15, -0.1) is 0 Å². The van der Waals surface area contributed by atoms with Crippen LogP contribution in [-0.4, -0.2) is 73.5 Å². The molecule has 0 saturated carbocycles. The Hall–Kier alpha value is -3.66. The van der Waals surface area contributed by atoms with Gasteiger partial charge in [0.15, 0.2) is 0 Å². The average Bonchev–Trinajstić information content (AvgIpc) is 3.68. The van der Waals surface area contributed by atoms with E-state index in [1.54, 1.807) is 23.2 Å². The number of aromatic nitrogens is 1. The summed E-state index contributed by atoms with van der Waals surface area (Å²) >= 11 is 0. The van der Waals surface area contributed by atoms with Crippen molar-refractivity contribution in [1.82, 2.24) is 20.1 Å². The van der Waals surface area contributed by atoms with E-state index in [-0.39, 0.29) is 34.9 Å². The molecule has 12 heteroatoms. The molecule has 0 spiro atoms. The average molecular weight is 623 g/mol. The van der Waals surface area contributed by atoms with Crippen molar-refractivity contribution in [2.45, 2.75) is 74.9 Å². The lowest BCUT2D eigenvalue weighted by atomic mass is 9.98. The topological polar surface area (TPSA) is 140 Å². The second kappa shape index (κ2) is 12.4. The van der Waals surface area contributed by atoms with Gasteiger partial charge in [0.05, 0.1) is 0 Å². The summed E-state index contributed by atoms with van der Waals surface area (Å²) in [6.07, 6.45) is 8.69. The van der Waals surface area contributed by atoms with Gasteiger partial charge in [0.2, 0.25) is 17.7 Å². The minimum atomic E-state index is -4.99. The second-order valence-corrected chi connectivity index (χ2v) is 13.7. The number of hydrogen-bond acceptors (Lipinski definition) is 5. The minimum Gasteiger partial charge on any atom is -0.340 e. The lowest BCUT2D eigenvalue weighted by molar-refractivity contribution is -0.146. The zero-order chi connectivity index (χ0) is 31.0. The van der Waals surface area contributed by atoms with Gasteiger partial charge in [-0.3, -0.25) is 23.9 Å². The summed E-state index contributed by atoms with van der Waals surface area (Å²) in [5, 5.41) is 4.00. The monoisotopic (exact) mass is 622 g/mol. The number of pyridine rings is 1. The van der Waals surface area contributed by atoms with Crippen LogP contribution in [0, 0.1) is 0 Å². The largest absolute Gasteiger partial charge is 0.363 e. The number of alkyl halides is 1. The summed E-state index contributed by atoms with van der Waals surface area (Å²) in [6, 6.07) is 11.5. The van der Waals surface area contributed by atoms with Gasteiger partial charge >= 0.3 is 7.60 Å². The summed E-state index contributed by atoms with van der Waals surface area (Å²) in [5.74, 6) is -3.02. The lowest BCUT2D eigenvalue weighted by Crippen LogP contribution is -2.56. The highest BCUT2D eigenvalue weighted by Crippen LogP contribution is 2.53. The van der Waals surface area contributed by atoms with Gasteiger partial charge in [-0.2, -0.15) is 0 Å². The number of carbonyl (C=O) groups is 3. The van der Waals surface area contributed by atoms with E-state index in [2.05, 4.69) is 10.3 Å². The first kappa shape index (κ1) is 30.4. The second-order valence-electron chi connectivity index (χ2n) is 12.1. The van der Waals surface area contributed by atoms with E-state index in [4.69, 9.17) is 0 Å². The van der Waals surface area contributed by atoms with Crippen LogP contribution >= 0.6 is 7.60 Å². The van der Waals surface area contributed by atoms with Gasteiger partial charge in [0, 0.05) is 43.0 Å². The third kappa shape index (κ3) is 6.14. The van der Waals surface area contributed by atoms with Crippen LogP contribution in [0.3, 0.4) is 0 Å². The van der Waals surface area contributed by atoms with Crippen LogP contribution in [0.1, 0.15) is 78.3 Å². The highest BCUT2D eigenvalue weighted by Gasteiger charge is 2.46. The quantitative estimate of drug-likeness (QED) is 0.346. The molecule has 0 aliphatic carbocycles. The van der Waals surface area contributed by atoms with E-state index in [1.807, 2.05) is 23.2 Å². The highest BCUT2D eigenvalue weighted by molar-refractivity contribution is 7.51. The summed E-state index contributed by atoms with van der Waals surface area (Å²) in [5.41, 5.74) is 1.16. The third-order valence-electron chi connectivity index (χ3n) is 9.28. The first-order valence-electron chi connectivity index (χ1n) is 15.1. The van der Waals surface area contributed by atoms with Crippen molar-refractivity contribution >= 4 is 36.1 Å². The Kier molecular flexibility index (Phi) is 8.55.